The molecule has 1 aliphatic rings. The molecular weight excluding hydrogens is 478 g/mol. The van der Waals surface area contributed by atoms with E-state index in [0.29, 0.717) is 6.04 Å². The maximum atomic E-state index is 8.89. The van der Waals surface area contributed by atoms with Crippen LogP contribution in [0, 0.1) is 0 Å². The van der Waals surface area contributed by atoms with Crippen molar-refractivity contribution in [3.05, 3.63) is 0 Å². The second-order valence-electron chi connectivity index (χ2n) is 3.38. The third kappa shape index (κ3) is 71.4. The van der Waals surface area contributed by atoms with E-state index in [0.717, 1.165) is 13.8 Å². The first-order valence-corrected chi connectivity index (χ1v) is 4.97. The van der Waals surface area contributed by atoms with Gasteiger partial charge in [0.05, 0.1) is 0 Å². The first-order chi connectivity index (χ1) is 6.86. The average molecular weight is 500 g/mol. The zero-order valence-electron chi connectivity index (χ0n) is 11.1. The molecule has 1 aliphatic carbocycles. The number of rotatable bonds is 0. The summed E-state index contributed by atoms with van der Waals surface area (Å²) in [6, 6.07) is 0.536. The molecular formula is C10H22Cl2N2O4Pt-4. The van der Waals surface area contributed by atoms with Crippen molar-refractivity contribution < 1.29 is 65.7 Å². The van der Waals surface area contributed by atoms with Crippen molar-refractivity contribution in [2.24, 2.45) is 5.73 Å². The first-order valence-electron chi connectivity index (χ1n) is 4.97. The fourth-order valence-electron chi connectivity index (χ4n) is 1.13. The molecule has 0 aromatic carbocycles. The molecule has 6 nitrogen and oxygen atoms in total. The number of carboxylic acid groups (broad SMARTS) is 2. The topological polar surface area (TPSA) is 141 Å². The molecule has 0 unspecified atom stereocenters. The number of nitrogens with two attached hydrogens (primary N) is 1. The van der Waals surface area contributed by atoms with Crippen LogP contribution >= 0.6 is 0 Å². The van der Waals surface area contributed by atoms with Crippen LogP contribution in [0.3, 0.4) is 0 Å². The molecule has 1 rings (SSSR count). The van der Waals surface area contributed by atoms with Gasteiger partial charge in [0, 0.05) is 39.0 Å². The van der Waals surface area contributed by atoms with Gasteiger partial charge in [-0.3, -0.25) is 0 Å². The van der Waals surface area contributed by atoms with E-state index < -0.39 is 11.9 Å². The Balaban J connectivity index is -0.0000000320. The van der Waals surface area contributed by atoms with Crippen LogP contribution in [0.25, 0.3) is 0 Å². The smallest absolute Gasteiger partial charge is 0.0383 e. The van der Waals surface area contributed by atoms with Crippen LogP contribution in [0.4, 0.5) is 0 Å². The summed E-state index contributed by atoms with van der Waals surface area (Å²) in [7, 11) is 0. The average Bonchev–Trinajstić information content (AvgIpc) is 2.03. The maximum Gasteiger partial charge on any atom is 0.0383 e. The predicted molar refractivity (Wildman–Crippen MR) is 57.4 cm³/mol. The van der Waals surface area contributed by atoms with Gasteiger partial charge in [0.2, 0.25) is 0 Å². The van der Waals surface area contributed by atoms with Crippen LogP contribution in [0.2, 0.25) is 0 Å². The summed E-state index contributed by atoms with van der Waals surface area (Å²) >= 11 is 0. The second kappa shape index (κ2) is 26.6. The monoisotopic (exact) mass is 499 g/mol. The van der Waals surface area contributed by atoms with Gasteiger partial charge in [-0.25, -0.2) is 0 Å². The number of halogens is 2. The number of hydrogen-bond acceptors (Lipinski definition) is 6. The van der Waals surface area contributed by atoms with E-state index in [1.807, 2.05) is 0 Å². The van der Waals surface area contributed by atoms with Gasteiger partial charge in [-0.15, -0.1) is 0 Å². The second-order valence-corrected chi connectivity index (χ2v) is 3.38. The Morgan fingerprint density at radius 2 is 1.16 bits per heavy atom. The van der Waals surface area contributed by atoms with Crippen molar-refractivity contribution in [3.63, 3.8) is 0 Å². The largest absolute Gasteiger partial charge is 1.00 e. The van der Waals surface area contributed by atoms with Crippen molar-refractivity contribution in [2.75, 3.05) is 0 Å². The van der Waals surface area contributed by atoms with Gasteiger partial charge in [-0.2, -0.15) is 0 Å². The SMILES string of the molecule is CC(=O)[O-].CC(=O)[O-].N.NC1CCCCC1.[Cl-].[Cl-].[Pt]. The van der Waals surface area contributed by atoms with E-state index in [-0.39, 0.29) is 52.0 Å². The van der Waals surface area contributed by atoms with Crippen molar-refractivity contribution in [2.45, 2.75) is 52.0 Å². The molecule has 0 heterocycles. The normalized spacial score (nSPS) is 11.9. The standard InChI is InChI=1S/C6H13N.2C2H4O2.2ClH.H3N.Pt/c7-6-4-2-1-3-5-6;2*1-2(3)4;;;;/h6H,1-5,7H2;2*1H3,(H,3,4);2*1H;1H3;/p-4. The van der Waals surface area contributed by atoms with Gasteiger partial charge in [0.25, 0.3) is 0 Å². The van der Waals surface area contributed by atoms with E-state index in [1.54, 1.807) is 0 Å². The minimum absolute atomic E-state index is 0. The van der Waals surface area contributed by atoms with E-state index in [2.05, 4.69) is 0 Å². The Morgan fingerprint density at radius 3 is 1.26 bits per heavy atom. The van der Waals surface area contributed by atoms with Gasteiger partial charge < -0.3 is 56.5 Å². The summed E-state index contributed by atoms with van der Waals surface area (Å²) in [5.74, 6) is -2.17. The van der Waals surface area contributed by atoms with E-state index in [4.69, 9.17) is 25.5 Å². The van der Waals surface area contributed by atoms with E-state index in [9.17, 15) is 0 Å². The molecule has 0 spiro atoms. The molecule has 0 radical (unpaired) electrons. The Morgan fingerprint density at radius 1 is 0.947 bits per heavy atom. The summed E-state index contributed by atoms with van der Waals surface area (Å²) < 4.78 is 0. The third-order valence-electron chi connectivity index (χ3n) is 1.65. The number of aliphatic carboxylic acids is 2. The van der Waals surface area contributed by atoms with Gasteiger partial charge in [0.1, 0.15) is 0 Å². The first kappa shape index (κ1) is 36.5. The summed E-state index contributed by atoms with van der Waals surface area (Å²) in [6.07, 6.45) is 6.66. The van der Waals surface area contributed by atoms with E-state index in [1.165, 1.54) is 32.1 Å². The number of carboxylic acids is 2. The van der Waals surface area contributed by atoms with Crippen LogP contribution in [0.5, 0.6) is 0 Å². The number of carbonyl (C=O) groups excluding carboxylic acids is 2. The molecule has 19 heavy (non-hydrogen) atoms. The van der Waals surface area contributed by atoms with E-state index >= 15 is 0 Å². The predicted octanol–water partition coefficient (Wildman–Crippen LogP) is -7.04. The minimum Gasteiger partial charge on any atom is -1.00 e. The molecule has 0 aliphatic heterocycles. The van der Waals surface area contributed by atoms with Crippen molar-refractivity contribution in [1.82, 2.24) is 6.15 Å². The molecule has 1 fully saturated rings. The van der Waals surface area contributed by atoms with Crippen LogP contribution in [-0.4, -0.2) is 18.0 Å². The number of carbonyl (C=O) groups is 2. The molecule has 5 N–H and O–H groups in total. The molecule has 0 amide bonds. The molecule has 124 valence electrons. The van der Waals surface area contributed by atoms with Gasteiger partial charge in [-0.05, 0) is 26.7 Å². The number of hydrogen-bond donors (Lipinski definition) is 2. The van der Waals surface area contributed by atoms with Crippen LogP contribution in [0.1, 0.15) is 46.0 Å². The Bertz CT molecular complexity index is 174. The quantitative estimate of drug-likeness (QED) is 0.339. The zero-order valence-corrected chi connectivity index (χ0v) is 14.9. The van der Waals surface area contributed by atoms with Crippen molar-refractivity contribution in [3.8, 4) is 0 Å². The van der Waals surface area contributed by atoms with Crippen LogP contribution in [-0.2, 0) is 30.7 Å². The Kier molecular flexibility index (Phi) is 51.1. The van der Waals surface area contributed by atoms with Gasteiger partial charge >= 0.3 is 0 Å². The summed E-state index contributed by atoms with van der Waals surface area (Å²) in [5.41, 5.74) is 5.63. The zero-order chi connectivity index (χ0) is 12.3. The third-order valence-corrected chi connectivity index (χ3v) is 1.65. The summed E-state index contributed by atoms with van der Waals surface area (Å²) in [5, 5.41) is 17.8. The molecule has 1 saturated carbocycles. The molecule has 0 aromatic rings. The summed E-state index contributed by atoms with van der Waals surface area (Å²) in [4.78, 5) is 17.8. The van der Waals surface area contributed by atoms with Crippen molar-refractivity contribution >= 4 is 11.9 Å². The van der Waals surface area contributed by atoms with Crippen LogP contribution in [0.15, 0.2) is 0 Å². The Hall–Kier alpha value is 0.128. The molecule has 0 saturated heterocycles. The molecule has 9 heteroatoms. The van der Waals surface area contributed by atoms with Gasteiger partial charge in [-0.1, -0.05) is 19.3 Å². The Labute approximate surface area is 141 Å². The van der Waals surface area contributed by atoms with Gasteiger partial charge in [0.15, 0.2) is 0 Å². The summed E-state index contributed by atoms with van der Waals surface area (Å²) in [6.45, 7) is 1.94. The maximum absolute atomic E-state index is 8.89. The molecule has 0 bridgehead atoms. The molecule has 0 aromatic heterocycles. The molecule has 0 atom stereocenters. The minimum atomic E-state index is -1.08. The van der Waals surface area contributed by atoms with Crippen LogP contribution < -0.4 is 46.9 Å². The van der Waals surface area contributed by atoms with Crippen molar-refractivity contribution in [1.29, 1.82) is 0 Å². The fourth-order valence-corrected chi connectivity index (χ4v) is 1.13. The fraction of sp³-hybridized carbons (Fsp3) is 0.800.